The first-order valence-corrected chi connectivity index (χ1v) is 7.25. The van der Waals surface area contributed by atoms with Gasteiger partial charge in [-0.05, 0) is 43.2 Å². The molecule has 3 N–H and O–H groups in total. The van der Waals surface area contributed by atoms with Crippen molar-refractivity contribution in [3.63, 3.8) is 0 Å². The minimum absolute atomic E-state index is 0.00435. The van der Waals surface area contributed by atoms with Crippen LogP contribution in [0.4, 0.5) is 11.6 Å². The number of benzene rings is 1. The smallest absolute Gasteiger partial charge is 0.280 e. The normalized spacial score (nSPS) is 11.1. The van der Waals surface area contributed by atoms with E-state index in [0.717, 1.165) is 11.1 Å². The molecule has 0 fully saturated rings. The van der Waals surface area contributed by atoms with Crippen LogP contribution in [0.2, 0.25) is 0 Å². The number of nitro groups is 1. The summed E-state index contributed by atoms with van der Waals surface area (Å²) in [5.41, 5.74) is 4.80. The number of aromatic nitrogens is 3. The number of nitrogens with zero attached hydrogens (tertiary/aromatic N) is 5. The maximum Gasteiger partial charge on any atom is 0.280 e. The van der Waals surface area contributed by atoms with Gasteiger partial charge in [0.25, 0.3) is 11.6 Å². The number of anilines is 1. The second-order valence-corrected chi connectivity index (χ2v) is 5.34. The molecule has 0 saturated heterocycles. The summed E-state index contributed by atoms with van der Waals surface area (Å²) in [6.45, 7) is 3.72. The number of rotatable bonds is 5. The van der Waals surface area contributed by atoms with Crippen LogP contribution < -0.4 is 11.3 Å². The molecule has 0 bridgehead atoms. The predicted molar refractivity (Wildman–Crippen MR) is 91.7 cm³/mol. The van der Waals surface area contributed by atoms with Gasteiger partial charge < -0.3 is 10.3 Å². The lowest BCUT2D eigenvalue weighted by Gasteiger charge is -2.04. The van der Waals surface area contributed by atoms with E-state index in [1.165, 1.54) is 23.3 Å². The topological polar surface area (TPSA) is 137 Å². The van der Waals surface area contributed by atoms with Crippen LogP contribution in [-0.2, 0) is 0 Å². The summed E-state index contributed by atoms with van der Waals surface area (Å²) in [6, 6.07) is 6.59. The summed E-state index contributed by atoms with van der Waals surface area (Å²) in [5.74, 6) is 6.60. The maximum atomic E-state index is 11.3. The van der Waals surface area contributed by atoms with E-state index in [0.29, 0.717) is 17.1 Å². The summed E-state index contributed by atoms with van der Waals surface area (Å²) in [4.78, 5) is 10.9. The molecule has 0 saturated carbocycles. The van der Waals surface area contributed by atoms with Gasteiger partial charge in [0.1, 0.15) is 17.8 Å². The lowest BCUT2D eigenvalue weighted by molar-refractivity contribution is -0.384. The van der Waals surface area contributed by atoms with E-state index >= 15 is 0 Å². The van der Waals surface area contributed by atoms with E-state index < -0.39 is 4.92 Å². The van der Waals surface area contributed by atoms with E-state index in [4.69, 9.17) is 10.3 Å². The second-order valence-electron chi connectivity index (χ2n) is 5.34. The number of hydrogen-bond acceptors (Lipinski definition) is 8. The number of nitrogen functional groups attached to an aromatic ring is 1. The third-order valence-electron chi connectivity index (χ3n) is 3.63. The van der Waals surface area contributed by atoms with Gasteiger partial charge in [-0.15, -0.1) is 10.2 Å². The van der Waals surface area contributed by atoms with Crippen LogP contribution in [0, 0.1) is 24.0 Å². The fraction of sp³-hybridized carbons (Fsp3) is 0.133. The summed E-state index contributed by atoms with van der Waals surface area (Å²) in [5, 5.41) is 22.5. The van der Waals surface area contributed by atoms with Crippen molar-refractivity contribution in [1.29, 1.82) is 0 Å². The van der Waals surface area contributed by atoms with Crippen molar-refractivity contribution in [3.05, 3.63) is 57.6 Å². The standard InChI is InChI=1S/C15H15N7O3/c1-9-5-12(13(22(23)24)6-10(9)2)14-4-3-11(25-14)7-17-19-15-20-18-8-21(15)16/h3-8H,16H2,1-2H3,(H,19,20). The minimum Gasteiger partial charge on any atom is -0.455 e. The first-order valence-electron chi connectivity index (χ1n) is 7.25. The molecule has 0 spiro atoms. The Morgan fingerprint density at radius 3 is 2.80 bits per heavy atom. The molecule has 10 nitrogen and oxygen atoms in total. The summed E-state index contributed by atoms with van der Waals surface area (Å²) < 4.78 is 6.81. The van der Waals surface area contributed by atoms with E-state index in [-0.39, 0.29) is 11.6 Å². The Bertz CT molecular complexity index is 958. The predicted octanol–water partition coefficient (Wildman–Crippen LogP) is 2.22. The average molecular weight is 341 g/mol. The molecule has 0 atom stereocenters. The molecule has 3 rings (SSSR count). The molecule has 0 amide bonds. The van der Waals surface area contributed by atoms with Crippen molar-refractivity contribution in [2.24, 2.45) is 5.10 Å². The fourth-order valence-corrected chi connectivity index (χ4v) is 2.19. The van der Waals surface area contributed by atoms with Gasteiger partial charge in [-0.1, -0.05) is 0 Å². The molecular formula is C15H15N7O3. The third kappa shape index (κ3) is 3.32. The van der Waals surface area contributed by atoms with Gasteiger partial charge in [0.2, 0.25) is 0 Å². The maximum absolute atomic E-state index is 11.3. The first kappa shape index (κ1) is 16.2. The zero-order valence-corrected chi connectivity index (χ0v) is 13.5. The van der Waals surface area contributed by atoms with E-state index in [1.54, 1.807) is 18.2 Å². The van der Waals surface area contributed by atoms with Crippen LogP contribution in [0.15, 0.2) is 40.1 Å². The Kier molecular flexibility index (Phi) is 4.16. The molecule has 10 heteroatoms. The lowest BCUT2D eigenvalue weighted by Crippen LogP contribution is -2.10. The first-order chi connectivity index (χ1) is 12.0. The molecule has 2 aromatic heterocycles. The van der Waals surface area contributed by atoms with Crippen molar-refractivity contribution in [1.82, 2.24) is 14.9 Å². The largest absolute Gasteiger partial charge is 0.455 e. The van der Waals surface area contributed by atoms with Gasteiger partial charge in [0.15, 0.2) is 0 Å². The van der Waals surface area contributed by atoms with E-state index in [9.17, 15) is 10.1 Å². The average Bonchev–Trinajstić information content (AvgIpc) is 3.19. The van der Waals surface area contributed by atoms with Crippen LogP contribution >= 0.6 is 0 Å². The third-order valence-corrected chi connectivity index (χ3v) is 3.63. The van der Waals surface area contributed by atoms with E-state index in [2.05, 4.69) is 20.7 Å². The Hall–Kier alpha value is -3.69. The Labute approximate surface area is 142 Å². The zero-order valence-electron chi connectivity index (χ0n) is 13.5. The lowest BCUT2D eigenvalue weighted by atomic mass is 10.0. The van der Waals surface area contributed by atoms with Crippen LogP contribution in [0.1, 0.15) is 16.9 Å². The van der Waals surface area contributed by atoms with Crippen LogP contribution in [0.5, 0.6) is 0 Å². The Morgan fingerprint density at radius 2 is 2.12 bits per heavy atom. The number of nitrogens with one attached hydrogen (secondary N) is 1. The van der Waals surface area contributed by atoms with Gasteiger partial charge in [-0.25, -0.2) is 10.1 Å². The number of nitro benzene ring substituents is 1. The van der Waals surface area contributed by atoms with Crippen LogP contribution in [0.25, 0.3) is 11.3 Å². The highest BCUT2D eigenvalue weighted by molar-refractivity contribution is 5.79. The highest BCUT2D eigenvalue weighted by Gasteiger charge is 2.19. The monoisotopic (exact) mass is 341 g/mol. The minimum atomic E-state index is -0.423. The van der Waals surface area contributed by atoms with Gasteiger partial charge in [-0.2, -0.15) is 5.10 Å². The molecule has 0 radical (unpaired) electrons. The van der Waals surface area contributed by atoms with Crippen molar-refractivity contribution in [2.75, 3.05) is 11.3 Å². The van der Waals surface area contributed by atoms with Gasteiger partial charge in [0.05, 0.1) is 16.7 Å². The highest BCUT2D eigenvalue weighted by atomic mass is 16.6. The van der Waals surface area contributed by atoms with Crippen molar-refractivity contribution in [3.8, 4) is 11.3 Å². The van der Waals surface area contributed by atoms with Crippen LogP contribution in [-0.4, -0.2) is 26.0 Å². The summed E-state index contributed by atoms with van der Waals surface area (Å²) in [7, 11) is 0. The number of furan rings is 1. The summed E-state index contributed by atoms with van der Waals surface area (Å²) in [6.07, 6.45) is 2.73. The van der Waals surface area contributed by atoms with E-state index in [1.807, 2.05) is 13.8 Å². The Morgan fingerprint density at radius 1 is 1.36 bits per heavy atom. The SMILES string of the molecule is Cc1cc(-c2ccc(C=NNc3nncn3N)o2)c([N+](=O)[O-])cc1C. The number of aryl methyl sites for hydroxylation is 2. The van der Waals surface area contributed by atoms with Crippen molar-refractivity contribution in [2.45, 2.75) is 13.8 Å². The molecule has 0 aliphatic rings. The molecule has 0 unspecified atom stereocenters. The Balaban J connectivity index is 1.85. The molecule has 128 valence electrons. The fourth-order valence-electron chi connectivity index (χ4n) is 2.19. The van der Waals surface area contributed by atoms with Gasteiger partial charge >= 0.3 is 0 Å². The molecule has 0 aliphatic carbocycles. The van der Waals surface area contributed by atoms with Crippen LogP contribution in [0.3, 0.4) is 0 Å². The molecule has 0 aliphatic heterocycles. The second kappa shape index (κ2) is 6.43. The van der Waals surface area contributed by atoms with Gasteiger partial charge in [0, 0.05) is 6.07 Å². The molecule has 2 heterocycles. The van der Waals surface area contributed by atoms with Crippen molar-refractivity contribution < 1.29 is 9.34 Å². The highest BCUT2D eigenvalue weighted by Crippen LogP contribution is 2.33. The number of nitrogens with two attached hydrogens (primary N) is 1. The number of hydrogen-bond donors (Lipinski definition) is 2. The number of hydrazone groups is 1. The molecule has 1 aromatic carbocycles. The van der Waals surface area contributed by atoms with Crippen molar-refractivity contribution >= 4 is 17.9 Å². The molecular weight excluding hydrogens is 326 g/mol. The molecule has 25 heavy (non-hydrogen) atoms. The quantitative estimate of drug-likeness (QED) is 0.314. The zero-order chi connectivity index (χ0) is 18.0. The van der Waals surface area contributed by atoms with Gasteiger partial charge in [-0.3, -0.25) is 10.1 Å². The molecule has 3 aromatic rings. The summed E-state index contributed by atoms with van der Waals surface area (Å²) >= 11 is 0.